The molecule has 5 nitrogen and oxygen atoms in total. The summed E-state index contributed by atoms with van der Waals surface area (Å²) in [6, 6.07) is 7.85. The van der Waals surface area contributed by atoms with Crippen LogP contribution in [-0.2, 0) is 10.3 Å². The van der Waals surface area contributed by atoms with E-state index in [2.05, 4.69) is 5.32 Å². The Labute approximate surface area is 155 Å². The first kappa shape index (κ1) is 18.8. The quantitative estimate of drug-likeness (QED) is 0.816. The molecule has 27 heavy (non-hydrogen) atoms. The number of aryl methyl sites for hydroxylation is 2. The first-order valence-electron chi connectivity index (χ1n) is 8.51. The van der Waals surface area contributed by atoms with Gasteiger partial charge in [-0.15, -0.1) is 0 Å². The first-order valence-corrected chi connectivity index (χ1v) is 8.51. The van der Waals surface area contributed by atoms with Crippen LogP contribution < -0.4 is 10.1 Å². The molecular formula is C20H20F2N2O3. The molecule has 1 aliphatic rings. The minimum Gasteiger partial charge on any atom is -0.492 e. The van der Waals surface area contributed by atoms with Gasteiger partial charge in [0.25, 0.3) is 5.91 Å². The van der Waals surface area contributed by atoms with Gasteiger partial charge in [-0.3, -0.25) is 9.69 Å². The largest absolute Gasteiger partial charge is 0.492 e. The lowest BCUT2D eigenvalue weighted by atomic mass is 9.91. The molecule has 0 aliphatic carbocycles. The molecule has 0 aromatic heterocycles. The Bertz CT molecular complexity index is 896. The van der Waals surface area contributed by atoms with Gasteiger partial charge >= 0.3 is 6.03 Å². The van der Waals surface area contributed by atoms with E-state index in [0.29, 0.717) is 5.75 Å². The molecule has 1 unspecified atom stereocenters. The van der Waals surface area contributed by atoms with E-state index in [0.717, 1.165) is 34.2 Å². The third-order valence-corrected chi connectivity index (χ3v) is 4.52. The minimum absolute atomic E-state index is 0.00974. The highest BCUT2D eigenvalue weighted by atomic mass is 19.1. The molecule has 142 valence electrons. The van der Waals surface area contributed by atoms with Gasteiger partial charge in [0.05, 0.1) is 6.54 Å². The number of amides is 3. The van der Waals surface area contributed by atoms with Crippen LogP contribution in [0.25, 0.3) is 0 Å². The number of benzene rings is 2. The van der Waals surface area contributed by atoms with E-state index in [9.17, 15) is 18.4 Å². The Morgan fingerprint density at radius 1 is 1.07 bits per heavy atom. The van der Waals surface area contributed by atoms with Gasteiger partial charge in [-0.2, -0.15) is 0 Å². The first-order chi connectivity index (χ1) is 12.7. The number of ether oxygens (including phenoxy) is 1. The third-order valence-electron chi connectivity index (χ3n) is 4.52. The highest BCUT2D eigenvalue weighted by molar-refractivity contribution is 6.07. The molecule has 1 aliphatic heterocycles. The Kier molecular flexibility index (Phi) is 4.87. The molecular weight excluding hydrogens is 354 g/mol. The second kappa shape index (κ2) is 6.98. The van der Waals surface area contributed by atoms with Crippen LogP contribution in [0.5, 0.6) is 5.75 Å². The van der Waals surface area contributed by atoms with Gasteiger partial charge in [-0.05, 0) is 62.2 Å². The van der Waals surface area contributed by atoms with Crippen molar-refractivity contribution in [3.63, 3.8) is 0 Å². The molecule has 0 bridgehead atoms. The fourth-order valence-electron chi connectivity index (χ4n) is 3.23. The summed E-state index contributed by atoms with van der Waals surface area (Å²) in [4.78, 5) is 25.9. The standard InChI is InChI=1S/C20H20F2N2O3/c1-12-8-13(2)10-15(9-12)27-7-6-24-18(25)20(3,23-19(24)26)16-11-14(21)4-5-17(16)22/h4-5,8-11H,6-7H2,1-3H3,(H,23,26). The molecule has 1 heterocycles. The minimum atomic E-state index is -1.66. The van der Waals surface area contributed by atoms with Gasteiger partial charge in [0.2, 0.25) is 0 Å². The van der Waals surface area contributed by atoms with Gasteiger partial charge in [0.15, 0.2) is 0 Å². The van der Waals surface area contributed by atoms with Gasteiger partial charge in [0, 0.05) is 5.56 Å². The van der Waals surface area contributed by atoms with Crippen molar-refractivity contribution in [1.82, 2.24) is 10.2 Å². The maximum atomic E-state index is 14.1. The molecule has 1 atom stereocenters. The molecule has 2 aromatic carbocycles. The van der Waals surface area contributed by atoms with Gasteiger partial charge in [0.1, 0.15) is 29.5 Å². The van der Waals surface area contributed by atoms with Crippen molar-refractivity contribution < 1.29 is 23.1 Å². The fourth-order valence-corrected chi connectivity index (χ4v) is 3.23. The van der Waals surface area contributed by atoms with E-state index in [1.807, 2.05) is 32.0 Å². The Morgan fingerprint density at radius 2 is 1.74 bits per heavy atom. The predicted molar refractivity (Wildman–Crippen MR) is 95.4 cm³/mol. The van der Waals surface area contributed by atoms with Crippen LogP contribution >= 0.6 is 0 Å². The van der Waals surface area contributed by atoms with Crippen LogP contribution in [-0.4, -0.2) is 30.0 Å². The average Bonchev–Trinajstić information content (AvgIpc) is 2.80. The zero-order valence-electron chi connectivity index (χ0n) is 15.3. The van der Waals surface area contributed by atoms with Crippen molar-refractivity contribution in [2.45, 2.75) is 26.3 Å². The number of halogens is 2. The number of hydrogen-bond donors (Lipinski definition) is 1. The molecule has 3 rings (SSSR count). The Hall–Kier alpha value is -2.96. The van der Waals surface area contributed by atoms with Crippen molar-refractivity contribution in [3.05, 3.63) is 64.7 Å². The van der Waals surface area contributed by atoms with Crippen molar-refractivity contribution in [2.75, 3.05) is 13.2 Å². The van der Waals surface area contributed by atoms with Crippen LogP contribution in [0.15, 0.2) is 36.4 Å². The van der Waals surface area contributed by atoms with Gasteiger partial charge in [-0.1, -0.05) is 6.07 Å². The van der Waals surface area contributed by atoms with E-state index < -0.39 is 29.1 Å². The van der Waals surface area contributed by atoms with Crippen molar-refractivity contribution in [1.29, 1.82) is 0 Å². The molecule has 1 fully saturated rings. The summed E-state index contributed by atoms with van der Waals surface area (Å²) >= 11 is 0. The van der Waals surface area contributed by atoms with Crippen molar-refractivity contribution >= 4 is 11.9 Å². The highest BCUT2D eigenvalue weighted by Crippen LogP contribution is 2.31. The lowest BCUT2D eigenvalue weighted by molar-refractivity contribution is -0.131. The van der Waals surface area contributed by atoms with Crippen LogP contribution in [0.2, 0.25) is 0 Å². The number of hydrogen-bond acceptors (Lipinski definition) is 3. The lowest BCUT2D eigenvalue weighted by Crippen LogP contribution is -2.42. The summed E-state index contributed by atoms with van der Waals surface area (Å²) in [6.45, 7) is 5.32. The van der Waals surface area contributed by atoms with E-state index >= 15 is 0 Å². The average molecular weight is 374 g/mol. The normalized spacial score (nSPS) is 19.4. The smallest absolute Gasteiger partial charge is 0.325 e. The van der Waals surface area contributed by atoms with E-state index in [-0.39, 0.29) is 18.7 Å². The summed E-state index contributed by atoms with van der Waals surface area (Å²) in [5.74, 6) is -1.47. The maximum Gasteiger partial charge on any atom is 0.325 e. The molecule has 1 N–H and O–H groups in total. The van der Waals surface area contributed by atoms with Crippen LogP contribution in [0.4, 0.5) is 13.6 Å². The molecule has 3 amide bonds. The molecule has 2 aromatic rings. The van der Waals surface area contributed by atoms with E-state index in [1.54, 1.807) is 0 Å². The number of carbonyl (C=O) groups excluding carboxylic acids is 2. The monoisotopic (exact) mass is 374 g/mol. The SMILES string of the molecule is Cc1cc(C)cc(OCCN2C(=O)NC(C)(c3cc(F)ccc3F)C2=O)c1. The fraction of sp³-hybridized carbons (Fsp3) is 0.300. The van der Waals surface area contributed by atoms with E-state index in [1.165, 1.54) is 6.92 Å². The number of carbonyl (C=O) groups is 2. The number of nitrogens with zero attached hydrogens (tertiary/aromatic N) is 1. The van der Waals surface area contributed by atoms with E-state index in [4.69, 9.17) is 4.74 Å². The summed E-state index contributed by atoms with van der Waals surface area (Å²) in [5, 5.41) is 2.46. The van der Waals surface area contributed by atoms with Crippen LogP contribution in [0.3, 0.4) is 0 Å². The van der Waals surface area contributed by atoms with Crippen molar-refractivity contribution in [3.8, 4) is 5.75 Å². The molecule has 0 spiro atoms. The maximum absolute atomic E-state index is 14.1. The van der Waals surface area contributed by atoms with Crippen molar-refractivity contribution in [2.24, 2.45) is 0 Å². The number of urea groups is 1. The van der Waals surface area contributed by atoms with Crippen LogP contribution in [0, 0.1) is 25.5 Å². The Balaban J connectivity index is 1.73. The third kappa shape index (κ3) is 3.63. The second-order valence-electron chi connectivity index (χ2n) is 6.81. The van der Waals surface area contributed by atoms with Gasteiger partial charge in [-0.25, -0.2) is 13.6 Å². The second-order valence-corrected chi connectivity index (χ2v) is 6.81. The molecule has 0 radical (unpaired) electrons. The molecule has 7 heteroatoms. The Morgan fingerprint density at radius 3 is 2.41 bits per heavy atom. The molecule has 1 saturated heterocycles. The number of imide groups is 1. The predicted octanol–water partition coefficient (Wildman–Crippen LogP) is 3.43. The topological polar surface area (TPSA) is 58.6 Å². The van der Waals surface area contributed by atoms with Gasteiger partial charge < -0.3 is 10.1 Å². The zero-order valence-corrected chi connectivity index (χ0v) is 15.3. The highest BCUT2D eigenvalue weighted by Gasteiger charge is 2.50. The van der Waals surface area contributed by atoms with Crippen LogP contribution in [0.1, 0.15) is 23.6 Å². The summed E-state index contributed by atoms with van der Waals surface area (Å²) in [6.07, 6.45) is 0. The number of rotatable bonds is 5. The molecule has 0 saturated carbocycles. The zero-order chi connectivity index (χ0) is 19.8. The summed E-state index contributed by atoms with van der Waals surface area (Å²) < 4.78 is 33.3. The lowest BCUT2D eigenvalue weighted by Gasteiger charge is -2.22. The summed E-state index contributed by atoms with van der Waals surface area (Å²) in [5.41, 5.74) is 0.199. The number of nitrogens with one attached hydrogen (secondary N) is 1. The summed E-state index contributed by atoms with van der Waals surface area (Å²) in [7, 11) is 0.